The third kappa shape index (κ3) is 4.51. The highest BCUT2D eigenvalue weighted by atomic mass is 32.1. The Morgan fingerprint density at radius 2 is 1.82 bits per heavy atom. The van der Waals surface area contributed by atoms with Crippen LogP contribution in [0.5, 0.6) is 0 Å². The van der Waals surface area contributed by atoms with Gasteiger partial charge in [-0.05, 0) is 62.5 Å². The molecule has 1 aromatic heterocycles. The molecule has 1 amide bonds. The first-order chi connectivity index (χ1) is 18.0. The van der Waals surface area contributed by atoms with Crippen LogP contribution in [0.2, 0.25) is 0 Å². The summed E-state index contributed by atoms with van der Waals surface area (Å²) in [6, 6.07) is 10.3. The van der Waals surface area contributed by atoms with E-state index in [4.69, 9.17) is 22.2 Å². The molecule has 0 saturated carbocycles. The highest BCUT2D eigenvalue weighted by Crippen LogP contribution is 2.40. The average Bonchev–Trinajstić information content (AvgIpc) is 3.37. The molecule has 12 heteroatoms. The van der Waals surface area contributed by atoms with Crippen LogP contribution in [0.25, 0.3) is 10.9 Å². The molecule has 2 aromatic carbocycles. The summed E-state index contributed by atoms with van der Waals surface area (Å²) in [7, 11) is 0. The second-order valence-corrected chi connectivity index (χ2v) is 10.1. The van der Waals surface area contributed by atoms with Crippen LogP contribution in [0.3, 0.4) is 0 Å². The lowest BCUT2D eigenvalue weighted by molar-refractivity contribution is -0.137. The van der Waals surface area contributed by atoms with Crippen LogP contribution >= 0.6 is 12.2 Å². The van der Waals surface area contributed by atoms with Gasteiger partial charge in [-0.1, -0.05) is 0 Å². The van der Waals surface area contributed by atoms with E-state index >= 15 is 0 Å². The fourth-order valence-electron chi connectivity index (χ4n) is 4.91. The SMILES string of the molecule is CC1(C)C(=O)N(c2ccc(C#N)c(C(F)(F)F)c2)C(=S)N1c1ccc2c(cnn2CCN2CCOCC2)c1. The number of nitrogens with zero attached hydrogens (tertiary/aromatic N) is 6. The first-order valence-electron chi connectivity index (χ1n) is 12.1. The van der Waals surface area contributed by atoms with Crippen molar-refractivity contribution in [3.05, 3.63) is 53.7 Å². The maximum Gasteiger partial charge on any atom is 0.417 e. The molecule has 8 nitrogen and oxygen atoms in total. The summed E-state index contributed by atoms with van der Waals surface area (Å²) in [6.45, 7) is 8.13. The molecule has 0 radical (unpaired) electrons. The second kappa shape index (κ2) is 9.65. The molecule has 3 aromatic rings. The van der Waals surface area contributed by atoms with Crippen LogP contribution in [0, 0.1) is 11.3 Å². The van der Waals surface area contributed by atoms with Crippen molar-refractivity contribution in [2.24, 2.45) is 0 Å². The molecule has 2 aliphatic rings. The molecule has 2 fully saturated rings. The zero-order valence-electron chi connectivity index (χ0n) is 20.8. The molecule has 2 aliphatic heterocycles. The maximum atomic E-state index is 13.6. The summed E-state index contributed by atoms with van der Waals surface area (Å²) in [5.74, 6) is -0.471. The maximum absolute atomic E-state index is 13.6. The highest BCUT2D eigenvalue weighted by molar-refractivity contribution is 7.81. The van der Waals surface area contributed by atoms with Crippen LogP contribution in [0.15, 0.2) is 42.6 Å². The van der Waals surface area contributed by atoms with E-state index in [2.05, 4.69) is 10.00 Å². The summed E-state index contributed by atoms with van der Waals surface area (Å²) in [5.41, 5.74) is -1.29. The number of anilines is 2. The zero-order valence-corrected chi connectivity index (χ0v) is 21.6. The molecule has 0 unspecified atom stereocenters. The molecule has 198 valence electrons. The number of thiocarbonyl (C=S) groups is 1. The fourth-order valence-corrected chi connectivity index (χ4v) is 5.43. The van der Waals surface area contributed by atoms with Crippen LogP contribution in [-0.4, -0.2) is 64.1 Å². The highest BCUT2D eigenvalue weighted by Gasteiger charge is 2.50. The monoisotopic (exact) mass is 542 g/mol. The van der Waals surface area contributed by atoms with E-state index in [0.717, 1.165) is 60.8 Å². The third-order valence-electron chi connectivity index (χ3n) is 6.97. The van der Waals surface area contributed by atoms with Gasteiger partial charge in [0.05, 0.1) is 54.4 Å². The van der Waals surface area contributed by atoms with E-state index in [9.17, 15) is 18.0 Å². The Balaban J connectivity index is 1.44. The van der Waals surface area contributed by atoms with E-state index in [1.165, 1.54) is 6.07 Å². The van der Waals surface area contributed by atoms with Crippen LogP contribution in [-0.2, 0) is 22.3 Å². The van der Waals surface area contributed by atoms with Gasteiger partial charge in [-0.15, -0.1) is 0 Å². The number of morpholine rings is 1. The number of alkyl halides is 3. The minimum atomic E-state index is -4.76. The third-order valence-corrected chi connectivity index (χ3v) is 7.34. The molecule has 38 heavy (non-hydrogen) atoms. The standard InChI is InChI=1S/C26H25F3N6O2S/c1-25(2)23(36)34(19-4-3-17(15-30)21(14-19)26(27,28)29)24(38)35(25)20-5-6-22-18(13-20)16-31-33(22)8-7-32-9-11-37-12-10-32/h3-6,13-14,16H,7-12H2,1-2H3. The minimum Gasteiger partial charge on any atom is -0.379 e. The first-order valence-corrected chi connectivity index (χ1v) is 12.5. The number of aromatic nitrogens is 2. The van der Waals surface area contributed by atoms with Gasteiger partial charge in [0.15, 0.2) is 5.11 Å². The number of carbonyl (C=O) groups excluding carboxylic acids is 1. The normalized spacial score (nSPS) is 18.4. The Morgan fingerprint density at radius 1 is 1.11 bits per heavy atom. The molecular formula is C26H25F3N6O2S. The van der Waals surface area contributed by atoms with Crippen LogP contribution < -0.4 is 9.80 Å². The molecule has 0 aliphatic carbocycles. The average molecular weight is 543 g/mol. The van der Waals surface area contributed by atoms with E-state index in [1.54, 1.807) is 31.0 Å². The Morgan fingerprint density at radius 3 is 2.50 bits per heavy atom. The van der Waals surface area contributed by atoms with Gasteiger partial charge in [-0.3, -0.25) is 19.3 Å². The van der Waals surface area contributed by atoms with Gasteiger partial charge >= 0.3 is 6.18 Å². The number of hydrogen-bond donors (Lipinski definition) is 0. The smallest absolute Gasteiger partial charge is 0.379 e. The number of nitriles is 1. The molecule has 5 rings (SSSR count). The largest absolute Gasteiger partial charge is 0.417 e. The lowest BCUT2D eigenvalue weighted by atomic mass is 10.0. The van der Waals surface area contributed by atoms with Crippen LogP contribution in [0.4, 0.5) is 24.5 Å². The second-order valence-electron chi connectivity index (χ2n) is 9.72. The summed E-state index contributed by atoms with van der Waals surface area (Å²) in [5, 5.41) is 14.6. The quantitative estimate of drug-likeness (QED) is 0.448. The molecule has 0 N–H and O–H groups in total. The molecule has 0 spiro atoms. The van der Waals surface area contributed by atoms with Crippen molar-refractivity contribution in [1.82, 2.24) is 14.7 Å². The lowest BCUT2D eigenvalue weighted by Crippen LogP contribution is -2.44. The number of amides is 1. The van der Waals surface area contributed by atoms with Crippen LogP contribution in [0.1, 0.15) is 25.0 Å². The summed E-state index contributed by atoms with van der Waals surface area (Å²) < 4.78 is 48.1. The first kappa shape index (κ1) is 26.1. The predicted octanol–water partition coefficient (Wildman–Crippen LogP) is 4.18. The van der Waals surface area contributed by atoms with Gasteiger partial charge in [0.25, 0.3) is 5.91 Å². The zero-order chi connectivity index (χ0) is 27.2. The van der Waals surface area contributed by atoms with E-state index < -0.39 is 28.7 Å². The van der Waals surface area contributed by atoms with Crippen molar-refractivity contribution in [2.45, 2.75) is 32.1 Å². The topological polar surface area (TPSA) is 77.6 Å². The molecular weight excluding hydrogens is 517 g/mol. The summed E-state index contributed by atoms with van der Waals surface area (Å²) in [4.78, 5) is 18.5. The Labute approximate surface area is 222 Å². The number of halogens is 3. The number of benzene rings is 2. The molecule has 0 atom stereocenters. The Hall–Kier alpha value is -3.53. The molecule has 3 heterocycles. The number of ether oxygens (including phenoxy) is 1. The van der Waals surface area contributed by atoms with E-state index in [1.807, 2.05) is 22.9 Å². The summed E-state index contributed by atoms with van der Waals surface area (Å²) in [6.07, 6.45) is -3.01. The van der Waals surface area contributed by atoms with Gasteiger partial charge in [-0.2, -0.15) is 23.5 Å². The fraction of sp³-hybridized carbons (Fsp3) is 0.385. The number of rotatable bonds is 5. The van der Waals surface area contributed by atoms with Gasteiger partial charge in [-0.25, -0.2) is 0 Å². The minimum absolute atomic E-state index is 0.0427. The van der Waals surface area contributed by atoms with Crippen molar-refractivity contribution < 1.29 is 22.7 Å². The van der Waals surface area contributed by atoms with Crippen molar-refractivity contribution in [2.75, 3.05) is 42.6 Å². The molecule has 2 saturated heterocycles. The van der Waals surface area contributed by atoms with Gasteiger partial charge in [0.2, 0.25) is 0 Å². The predicted molar refractivity (Wildman–Crippen MR) is 140 cm³/mol. The van der Waals surface area contributed by atoms with Gasteiger partial charge < -0.3 is 9.64 Å². The number of fused-ring (bicyclic) bond motifs is 1. The van der Waals surface area contributed by atoms with Gasteiger partial charge in [0, 0.05) is 30.7 Å². The molecule has 0 bridgehead atoms. The number of carbonyl (C=O) groups is 1. The van der Waals surface area contributed by atoms with Gasteiger partial charge in [0.1, 0.15) is 5.54 Å². The van der Waals surface area contributed by atoms with Crippen molar-refractivity contribution >= 4 is 45.5 Å². The Kier molecular flexibility index (Phi) is 6.63. The summed E-state index contributed by atoms with van der Waals surface area (Å²) >= 11 is 5.64. The number of hydrogen-bond acceptors (Lipinski definition) is 6. The lowest BCUT2D eigenvalue weighted by Gasteiger charge is -2.29. The van der Waals surface area contributed by atoms with Crippen molar-refractivity contribution in [3.63, 3.8) is 0 Å². The van der Waals surface area contributed by atoms with E-state index in [-0.39, 0.29) is 10.8 Å². The van der Waals surface area contributed by atoms with Crippen molar-refractivity contribution in [1.29, 1.82) is 5.26 Å². The Bertz CT molecular complexity index is 1460. The van der Waals surface area contributed by atoms with E-state index in [0.29, 0.717) is 12.2 Å². The van der Waals surface area contributed by atoms with Crippen molar-refractivity contribution in [3.8, 4) is 6.07 Å².